The van der Waals surface area contributed by atoms with Gasteiger partial charge in [0.15, 0.2) is 0 Å². The van der Waals surface area contributed by atoms with Crippen LogP contribution in [0.15, 0.2) is 0 Å². The molecule has 96 valence electrons. The number of unbranched alkanes of at least 4 members (excludes halogenated alkanes) is 3. The van der Waals surface area contributed by atoms with Gasteiger partial charge in [-0.1, -0.05) is 39.5 Å². The van der Waals surface area contributed by atoms with E-state index in [4.69, 9.17) is 4.74 Å². The summed E-state index contributed by atoms with van der Waals surface area (Å²) in [7, 11) is 1.82. The van der Waals surface area contributed by atoms with Crippen LogP contribution >= 0.6 is 0 Å². The summed E-state index contributed by atoms with van der Waals surface area (Å²) in [5.74, 6) is 0.874. The van der Waals surface area contributed by atoms with Gasteiger partial charge in [0, 0.05) is 13.2 Å². The van der Waals surface area contributed by atoms with Crippen molar-refractivity contribution in [3.63, 3.8) is 0 Å². The van der Waals surface area contributed by atoms with E-state index in [9.17, 15) is 0 Å². The van der Waals surface area contributed by atoms with Crippen LogP contribution < -0.4 is 5.32 Å². The Morgan fingerprint density at radius 3 is 2.44 bits per heavy atom. The van der Waals surface area contributed by atoms with Crippen LogP contribution in [0.2, 0.25) is 0 Å². The van der Waals surface area contributed by atoms with Crippen LogP contribution in [0.1, 0.15) is 58.8 Å². The minimum Gasteiger partial charge on any atom is -0.381 e. The maximum Gasteiger partial charge on any atom is 0.0601 e. The second-order valence-corrected chi connectivity index (χ2v) is 5.58. The van der Waals surface area contributed by atoms with Crippen molar-refractivity contribution in [3.8, 4) is 0 Å². The van der Waals surface area contributed by atoms with Crippen molar-refractivity contribution in [2.24, 2.45) is 5.92 Å². The highest BCUT2D eigenvalue weighted by Crippen LogP contribution is 2.22. The molecule has 2 nitrogen and oxygen atoms in total. The Hall–Kier alpha value is -0.0800. The molecule has 1 saturated carbocycles. The predicted octanol–water partition coefficient (Wildman–Crippen LogP) is 3.36. The van der Waals surface area contributed by atoms with Crippen molar-refractivity contribution in [3.05, 3.63) is 0 Å². The summed E-state index contributed by atoms with van der Waals surface area (Å²) in [4.78, 5) is 0. The third-order valence-electron chi connectivity index (χ3n) is 3.57. The van der Waals surface area contributed by atoms with E-state index in [2.05, 4.69) is 19.2 Å². The molecule has 1 aliphatic carbocycles. The molecule has 0 radical (unpaired) electrons. The summed E-state index contributed by atoms with van der Waals surface area (Å²) in [6, 6.07) is 0.737. The van der Waals surface area contributed by atoms with Crippen molar-refractivity contribution in [1.29, 1.82) is 0 Å². The number of hydrogen-bond acceptors (Lipinski definition) is 2. The van der Waals surface area contributed by atoms with Gasteiger partial charge in [-0.15, -0.1) is 0 Å². The molecule has 1 aliphatic rings. The topological polar surface area (TPSA) is 21.3 Å². The molecule has 0 aromatic rings. The second kappa shape index (κ2) is 8.08. The Kier molecular flexibility index (Phi) is 7.06. The van der Waals surface area contributed by atoms with E-state index in [-0.39, 0.29) is 0 Å². The van der Waals surface area contributed by atoms with Crippen molar-refractivity contribution in [1.82, 2.24) is 5.32 Å². The number of nitrogens with one attached hydrogen (secondary N) is 1. The first-order chi connectivity index (χ1) is 7.72. The first kappa shape index (κ1) is 14.0. The van der Waals surface area contributed by atoms with Gasteiger partial charge in [0.2, 0.25) is 0 Å². The number of ether oxygens (including phenoxy) is 1. The number of rotatable bonds is 9. The lowest BCUT2D eigenvalue weighted by atomic mass is 9.89. The van der Waals surface area contributed by atoms with Gasteiger partial charge in [-0.2, -0.15) is 0 Å². The minimum absolute atomic E-state index is 0.531. The van der Waals surface area contributed by atoms with Crippen molar-refractivity contribution in [2.75, 3.05) is 13.7 Å². The Morgan fingerprint density at radius 1 is 1.12 bits per heavy atom. The fourth-order valence-corrected chi connectivity index (χ4v) is 2.26. The fourth-order valence-electron chi connectivity index (χ4n) is 2.26. The van der Waals surface area contributed by atoms with Gasteiger partial charge in [-0.05, 0) is 31.7 Å². The van der Waals surface area contributed by atoms with Crippen LogP contribution in [0.5, 0.6) is 0 Å². The normalized spacial score (nSPS) is 24.8. The number of hydrogen-bond donors (Lipinski definition) is 1. The maximum atomic E-state index is 5.26. The Labute approximate surface area is 101 Å². The third-order valence-corrected chi connectivity index (χ3v) is 3.57. The van der Waals surface area contributed by atoms with Crippen LogP contribution in [-0.4, -0.2) is 25.8 Å². The van der Waals surface area contributed by atoms with Crippen molar-refractivity contribution in [2.45, 2.75) is 70.9 Å². The van der Waals surface area contributed by atoms with Crippen molar-refractivity contribution < 1.29 is 4.74 Å². The van der Waals surface area contributed by atoms with Gasteiger partial charge in [-0.3, -0.25) is 0 Å². The number of methoxy groups -OCH3 is 1. The standard InChI is InChI=1S/C14H29NO/c1-12(2)8-6-4-5-7-9-15-13-10-14(11-13)16-3/h12-15H,4-11H2,1-3H3. The van der Waals surface area contributed by atoms with E-state index >= 15 is 0 Å². The van der Waals surface area contributed by atoms with Crippen LogP contribution in [0, 0.1) is 5.92 Å². The van der Waals surface area contributed by atoms with Crippen LogP contribution in [0.4, 0.5) is 0 Å². The van der Waals surface area contributed by atoms with Gasteiger partial charge in [0.1, 0.15) is 0 Å². The zero-order valence-corrected chi connectivity index (χ0v) is 11.3. The lowest BCUT2D eigenvalue weighted by molar-refractivity contribution is 0.0175. The van der Waals surface area contributed by atoms with Gasteiger partial charge in [-0.25, -0.2) is 0 Å². The van der Waals surface area contributed by atoms with E-state index < -0.39 is 0 Å². The molecule has 0 spiro atoms. The molecule has 0 unspecified atom stereocenters. The maximum absolute atomic E-state index is 5.26. The molecule has 0 aromatic carbocycles. The molecule has 0 saturated heterocycles. The predicted molar refractivity (Wildman–Crippen MR) is 69.7 cm³/mol. The summed E-state index contributed by atoms with van der Waals surface area (Å²) in [5.41, 5.74) is 0. The Balaban J connectivity index is 1.76. The quantitative estimate of drug-likeness (QED) is 0.610. The zero-order chi connectivity index (χ0) is 11.8. The molecular formula is C14H29NO. The summed E-state index contributed by atoms with van der Waals surface area (Å²) >= 11 is 0. The molecule has 1 rings (SSSR count). The second-order valence-electron chi connectivity index (χ2n) is 5.58. The lowest BCUT2D eigenvalue weighted by Gasteiger charge is -2.34. The van der Waals surface area contributed by atoms with E-state index in [1.807, 2.05) is 7.11 Å². The molecular weight excluding hydrogens is 198 g/mol. The first-order valence-corrected chi connectivity index (χ1v) is 6.98. The summed E-state index contributed by atoms with van der Waals surface area (Å²) in [5, 5.41) is 3.60. The van der Waals surface area contributed by atoms with Gasteiger partial charge in [0.25, 0.3) is 0 Å². The summed E-state index contributed by atoms with van der Waals surface area (Å²) in [6.45, 7) is 5.82. The van der Waals surface area contributed by atoms with Crippen LogP contribution in [-0.2, 0) is 4.74 Å². The molecule has 0 amide bonds. The monoisotopic (exact) mass is 227 g/mol. The Morgan fingerprint density at radius 2 is 1.81 bits per heavy atom. The smallest absolute Gasteiger partial charge is 0.0601 e. The molecule has 16 heavy (non-hydrogen) atoms. The largest absolute Gasteiger partial charge is 0.381 e. The first-order valence-electron chi connectivity index (χ1n) is 6.98. The highest BCUT2D eigenvalue weighted by atomic mass is 16.5. The van der Waals surface area contributed by atoms with E-state index in [0.29, 0.717) is 6.10 Å². The fraction of sp³-hybridized carbons (Fsp3) is 1.00. The van der Waals surface area contributed by atoms with Gasteiger partial charge in [0.05, 0.1) is 6.10 Å². The third kappa shape index (κ3) is 5.86. The highest BCUT2D eigenvalue weighted by Gasteiger charge is 2.27. The SMILES string of the molecule is COC1CC(NCCCCCCC(C)C)C1. The van der Waals surface area contributed by atoms with Gasteiger partial charge < -0.3 is 10.1 Å². The zero-order valence-electron chi connectivity index (χ0n) is 11.3. The molecule has 1 N–H and O–H groups in total. The van der Waals surface area contributed by atoms with E-state index in [0.717, 1.165) is 12.0 Å². The molecule has 0 atom stereocenters. The molecule has 0 aromatic heterocycles. The molecule has 1 fully saturated rings. The molecule has 2 heteroatoms. The minimum atomic E-state index is 0.531. The van der Waals surface area contributed by atoms with E-state index in [1.54, 1.807) is 0 Å². The van der Waals surface area contributed by atoms with Crippen LogP contribution in [0.3, 0.4) is 0 Å². The Bertz CT molecular complexity index is 164. The molecule has 0 aliphatic heterocycles. The van der Waals surface area contributed by atoms with Gasteiger partial charge >= 0.3 is 0 Å². The lowest BCUT2D eigenvalue weighted by Crippen LogP contribution is -2.45. The van der Waals surface area contributed by atoms with E-state index in [1.165, 1.54) is 51.5 Å². The molecule has 0 heterocycles. The molecule has 0 bridgehead atoms. The average molecular weight is 227 g/mol. The average Bonchev–Trinajstić information content (AvgIpc) is 2.18. The highest BCUT2D eigenvalue weighted by molar-refractivity contribution is 4.85. The van der Waals surface area contributed by atoms with Crippen molar-refractivity contribution >= 4 is 0 Å². The summed E-state index contributed by atoms with van der Waals surface area (Å²) < 4.78 is 5.26. The van der Waals surface area contributed by atoms with Crippen LogP contribution in [0.25, 0.3) is 0 Å². The summed E-state index contributed by atoms with van der Waals surface area (Å²) in [6.07, 6.45) is 9.90.